The molecule has 0 spiro atoms. The molecule has 15 heavy (non-hydrogen) atoms. The summed E-state index contributed by atoms with van der Waals surface area (Å²) in [6.45, 7) is 3.72. The minimum Gasteiger partial charge on any atom is -0.363 e. The van der Waals surface area contributed by atoms with Gasteiger partial charge < -0.3 is 10.6 Å². The van der Waals surface area contributed by atoms with Crippen LogP contribution in [0.4, 0.5) is 10.2 Å². The smallest absolute Gasteiger partial charge is 0.186 e. The zero-order valence-electron chi connectivity index (χ0n) is 8.76. The van der Waals surface area contributed by atoms with Crippen LogP contribution in [0.2, 0.25) is 0 Å². The molecule has 1 aliphatic rings. The topological polar surface area (TPSA) is 49.8 Å². The summed E-state index contributed by atoms with van der Waals surface area (Å²) in [7, 11) is 0. The number of nitrogens with zero attached hydrogens (tertiary/aromatic N) is 2. The van der Waals surface area contributed by atoms with Crippen molar-refractivity contribution in [3.63, 3.8) is 0 Å². The van der Waals surface area contributed by atoms with Crippen LogP contribution in [0.3, 0.4) is 0 Å². The van der Waals surface area contributed by atoms with E-state index in [0.717, 1.165) is 19.5 Å². The maximum atomic E-state index is 13.7. The third kappa shape index (κ3) is 2.23. The van der Waals surface area contributed by atoms with Gasteiger partial charge in [0.05, 0.1) is 5.69 Å². The molecular formula is C10H15FN4. The Morgan fingerprint density at radius 3 is 3.13 bits per heavy atom. The summed E-state index contributed by atoms with van der Waals surface area (Å²) in [5.41, 5.74) is 0.471. The van der Waals surface area contributed by atoms with Gasteiger partial charge in [-0.2, -0.15) is 0 Å². The van der Waals surface area contributed by atoms with Crippen LogP contribution >= 0.6 is 0 Å². The van der Waals surface area contributed by atoms with Crippen LogP contribution in [-0.4, -0.2) is 29.1 Å². The average molecular weight is 210 g/mol. The van der Waals surface area contributed by atoms with Gasteiger partial charge in [0.2, 0.25) is 0 Å². The van der Waals surface area contributed by atoms with Crippen LogP contribution in [0.1, 0.15) is 19.0 Å². The Kier molecular flexibility index (Phi) is 3.11. The Morgan fingerprint density at radius 1 is 1.60 bits per heavy atom. The lowest BCUT2D eigenvalue weighted by Crippen LogP contribution is -2.23. The molecule has 0 amide bonds. The number of halogens is 1. The van der Waals surface area contributed by atoms with Gasteiger partial charge in [-0.05, 0) is 19.4 Å². The monoisotopic (exact) mass is 210 g/mol. The molecular weight excluding hydrogens is 195 g/mol. The normalized spacial score (nSPS) is 20.5. The van der Waals surface area contributed by atoms with Crippen molar-refractivity contribution in [3.05, 3.63) is 17.8 Å². The zero-order chi connectivity index (χ0) is 10.7. The standard InChI is InChI=1S/C10H15FN4/c1-2-8-9(11)10(14-6-13-8)15-7-3-4-12-5-7/h6-7,12H,2-5H2,1H3,(H,13,14,15). The van der Waals surface area contributed by atoms with Gasteiger partial charge in [-0.25, -0.2) is 14.4 Å². The van der Waals surface area contributed by atoms with E-state index in [1.807, 2.05) is 6.92 Å². The molecule has 0 bridgehead atoms. The lowest BCUT2D eigenvalue weighted by molar-refractivity contribution is 0.592. The van der Waals surface area contributed by atoms with Crippen LogP contribution in [0, 0.1) is 5.82 Å². The average Bonchev–Trinajstić information content (AvgIpc) is 2.74. The molecule has 1 unspecified atom stereocenters. The van der Waals surface area contributed by atoms with Crippen LogP contribution in [0.5, 0.6) is 0 Å². The number of hydrogen-bond donors (Lipinski definition) is 2. The second-order valence-corrected chi connectivity index (χ2v) is 3.67. The molecule has 4 nitrogen and oxygen atoms in total. The lowest BCUT2D eigenvalue weighted by atomic mass is 10.2. The fourth-order valence-electron chi connectivity index (χ4n) is 1.72. The number of anilines is 1. The van der Waals surface area contributed by atoms with Gasteiger partial charge in [-0.15, -0.1) is 0 Å². The van der Waals surface area contributed by atoms with Gasteiger partial charge in [0.1, 0.15) is 6.33 Å². The van der Waals surface area contributed by atoms with Crippen LogP contribution in [0.25, 0.3) is 0 Å². The quantitative estimate of drug-likeness (QED) is 0.780. The highest BCUT2D eigenvalue weighted by Crippen LogP contribution is 2.15. The van der Waals surface area contributed by atoms with Gasteiger partial charge in [-0.1, -0.05) is 6.92 Å². The minimum absolute atomic E-state index is 0.277. The molecule has 1 saturated heterocycles. The van der Waals surface area contributed by atoms with Crippen LogP contribution in [0.15, 0.2) is 6.33 Å². The van der Waals surface area contributed by atoms with E-state index in [1.54, 1.807) is 0 Å². The molecule has 1 aliphatic heterocycles. The first kappa shape index (κ1) is 10.3. The van der Waals surface area contributed by atoms with Crippen molar-refractivity contribution in [2.24, 2.45) is 0 Å². The number of aryl methyl sites for hydroxylation is 1. The fourth-order valence-corrected chi connectivity index (χ4v) is 1.72. The summed E-state index contributed by atoms with van der Waals surface area (Å²) >= 11 is 0. The van der Waals surface area contributed by atoms with Crippen molar-refractivity contribution in [3.8, 4) is 0 Å². The number of aromatic nitrogens is 2. The zero-order valence-corrected chi connectivity index (χ0v) is 8.76. The molecule has 0 saturated carbocycles. The molecule has 2 rings (SSSR count). The van der Waals surface area contributed by atoms with Gasteiger partial charge in [-0.3, -0.25) is 0 Å². The second kappa shape index (κ2) is 4.53. The molecule has 1 aromatic heterocycles. The second-order valence-electron chi connectivity index (χ2n) is 3.67. The number of hydrogen-bond acceptors (Lipinski definition) is 4. The maximum absolute atomic E-state index is 13.7. The summed E-state index contributed by atoms with van der Waals surface area (Å²) in [5, 5.41) is 6.31. The summed E-state index contributed by atoms with van der Waals surface area (Å²) in [6, 6.07) is 0.277. The molecule has 0 aromatic carbocycles. The Hall–Kier alpha value is -1.23. The molecule has 2 N–H and O–H groups in total. The van der Waals surface area contributed by atoms with Crippen molar-refractivity contribution in [1.82, 2.24) is 15.3 Å². The minimum atomic E-state index is -0.313. The summed E-state index contributed by atoms with van der Waals surface area (Å²) in [6.07, 6.45) is 3.00. The highest BCUT2D eigenvalue weighted by atomic mass is 19.1. The van der Waals surface area contributed by atoms with E-state index in [4.69, 9.17) is 0 Å². The van der Waals surface area contributed by atoms with E-state index in [9.17, 15) is 4.39 Å². The third-order valence-electron chi connectivity index (χ3n) is 2.60. The van der Waals surface area contributed by atoms with Gasteiger partial charge in [0.25, 0.3) is 0 Å². The number of rotatable bonds is 3. The molecule has 1 atom stereocenters. The van der Waals surface area contributed by atoms with Crippen molar-refractivity contribution in [2.45, 2.75) is 25.8 Å². The van der Waals surface area contributed by atoms with Gasteiger partial charge in [0, 0.05) is 12.6 Å². The Bertz CT molecular complexity index is 336. The summed E-state index contributed by atoms with van der Waals surface area (Å²) in [5.74, 6) is 0.0162. The largest absolute Gasteiger partial charge is 0.363 e. The number of nitrogens with one attached hydrogen (secondary N) is 2. The van der Waals surface area contributed by atoms with Crippen molar-refractivity contribution in [1.29, 1.82) is 0 Å². The Balaban J connectivity index is 2.13. The van der Waals surface area contributed by atoms with Crippen LogP contribution in [-0.2, 0) is 6.42 Å². The molecule has 1 aromatic rings. The predicted octanol–water partition coefficient (Wildman–Crippen LogP) is 0.952. The maximum Gasteiger partial charge on any atom is 0.186 e. The summed E-state index contributed by atoms with van der Waals surface area (Å²) in [4.78, 5) is 7.82. The first-order valence-electron chi connectivity index (χ1n) is 5.28. The molecule has 2 heterocycles. The third-order valence-corrected chi connectivity index (χ3v) is 2.60. The highest BCUT2D eigenvalue weighted by Gasteiger charge is 2.17. The molecule has 5 heteroatoms. The van der Waals surface area contributed by atoms with E-state index in [2.05, 4.69) is 20.6 Å². The Labute approximate surface area is 88.3 Å². The van der Waals surface area contributed by atoms with E-state index < -0.39 is 0 Å². The first-order chi connectivity index (χ1) is 7.31. The van der Waals surface area contributed by atoms with Crippen molar-refractivity contribution >= 4 is 5.82 Å². The predicted molar refractivity (Wildman–Crippen MR) is 56.3 cm³/mol. The first-order valence-corrected chi connectivity index (χ1v) is 5.28. The van der Waals surface area contributed by atoms with E-state index >= 15 is 0 Å². The SMILES string of the molecule is CCc1ncnc(NC2CCNC2)c1F. The summed E-state index contributed by atoms with van der Waals surface area (Å²) < 4.78 is 13.7. The van der Waals surface area contributed by atoms with E-state index in [1.165, 1.54) is 6.33 Å². The molecule has 0 aliphatic carbocycles. The molecule has 1 fully saturated rings. The molecule has 0 radical (unpaired) electrons. The van der Waals surface area contributed by atoms with Gasteiger partial charge >= 0.3 is 0 Å². The molecule has 82 valence electrons. The fraction of sp³-hybridized carbons (Fsp3) is 0.600. The van der Waals surface area contributed by atoms with E-state index in [0.29, 0.717) is 17.9 Å². The van der Waals surface area contributed by atoms with Crippen molar-refractivity contribution < 1.29 is 4.39 Å². The van der Waals surface area contributed by atoms with E-state index in [-0.39, 0.29) is 11.9 Å². The Morgan fingerprint density at radius 2 is 2.47 bits per heavy atom. The lowest BCUT2D eigenvalue weighted by Gasteiger charge is -2.13. The van der Waals surface area contributed by atoms with Crippen LogP contribution < -0.4 is 10.6 Å². The van der Waals surface area contributed by atoms with Gasteiger partial charge in [0.15, 0.2) is 11.6 Å². The van der Waals surface area contributed by atoms with Crippen molar-refractivity contribution in [2.75, 3.05) is 18.4 Å². The highest BCUT2D eigenvalue weighted by molar-refractivity contribution is 5.38.